The Kier molecular flexibility index (Phi) is 4.12. The predicted octanol–water partition coefficient (Wildman–Crippen LogP) is 9.63. The van der Waals surface area contributed by atoms with Crippen molar-refractivity contribution in [2.24, 2.45) is 0 Å². The Hall–Kier alpha value is -4.36. The molecule has 0 N–H and O–H groups in total. The second-order valence-electron chi connectivity index (χ2n) is 10.1. The van der Waals surface area contributed by atoms with Crippen LogP contribution in [0.1, 0.15) is 0 Å². The van der Waals surface area contributed by atoms with Crippen LogP contribution in [0.3, 0.4) is 0 Å². The molecule has 2 heteroatoms. The molecule has 9 aromatic rings. The van der Waals surface area contributed by atoms with Gasteiger partial charge >= 0.3 is 225 Å². The van der Waals surface area contributed by atoms with E-state index in [9.17, 15) is 0 Å². The average molecular weight is 547 g/mol. The molecule has 0 aliphatic rings. The molecule has 0 fully saturated rings. The zero-order valence-corrected chi connectivity index (χ0v) is 22.2. The van der Waals surface area contributed by atoms with Crippen LogP contribution in [-0.4, -0.2) is 18.9 Å². The first-order chi connectivity index (χ1) is 18.9. The molecule has 0 aliphatic carbocycles. The van der Waals surface area contributed by atoms with Gasteiger partial charge in [0.2, 0.25) is 0 Å². The van der Waals surface area contributed by atoms with Gasteiger partial charge in [-0.1, -0.05) is 0 Å². The molecule has 0 bridgehead atoms. The third-order valence-corrected chi connectivity index (χ3v) is 10.7. The van der Waals surface area contributed by atoms with Gasteiger partial charge in [0, 0.05) is 0 Å². The van der Waals surface area contributed by atoms with Gasteiger partial charge < -0.3 is 0 Å². The number of hydrogen-bond donors (Lipinski definition) is 0. The molecular weight excluding hydrogens is 525 g/mol. The number of rotatable bonds is 0. The first kappa shape index (κ1) is 20.7. The van der Waals surface area contributed by atoms with Crippen LogP contribution in [0.2, 0.25) is 0 Å². The molecule has 0 saturated carbocycles. The van der Waals surface area contributed by atoms with E-state index in [1.165, 1.54) is 78.9 Å². The molecule has 0 unspecified atom stereocenters. The Bertz CT molecular complexity index is 2460. The Morgan fingerprint density at radius 1 is 0.368 bits per heavy atom. The molecule has 38 heavy (non-hydrogen) atoms. The molecule has 0 amide bonds. The summed E-state index contributed by atoms with van der Waals surface area (Å²) in [4.78, 5) is 0. The van der Waals surface area contributed by atoms with E-state index >= 15 is 0 Å². The fourth-order valence-corrected chi connectivity index (χ4v) is 9.24. The van der Waals surface area contributed by atoms with Gasteiger partial charge in [-0.2, -0.15) is 0 Å². The summed E-state index contributed by atoms with van der Waals surface area (Å²) in [5.41, 5.74) is 3.84. The number of para-hydroxylation sites is 2. The van der Waals surface area contributed by atoms with Gasteiger partial charge in [0.05, 0.1) is 0 Å². The zero-order chi connectivity index (χ0) is 24.8. The average Bonchev–Trinajstić information content (AvgIpc) is 3.53. The van der Waals surface area contributed by atoms with Crippen LogP contribution in [0.25, 0.3) is 78.9 Å². The Morgan fingerprint density at radius 3 is 1.68 bits per heavy atom. The van der Waals surface area contributed by atoms with Gasteiger partial charge in [-0.3, -0.25) is 0 Å². The SMILES string of the molecule is c1ccc2c(c1)[se]c1c2ccc2c1c1cccc3c4ccccc4c4ccccc4c4ccccc4n2c31. The van der Waals surface area contributed by atoms with Crippen LogP contribution < -0.4 is 0 Å². The molecule has 1 nitrogen and oxygen atoms in total. The molecule has 0 radical (unpaired) electrons. The third kappa shape index (κ3) is 2.61. The molecule has 3 aromatic heterocycles. The van der Waals surface area contributed by atoms with E-state index in [0.29, 0.717) is 0 Å². The number of hydrogen-bond acceptors (Lipinski definition) is 0. The topological polar surface area (TPSA) is 4.41 Å². The van der Waals surface area contributed by atoms with Crippen molar-refractivity contribution in [1.29, 1.82) is 0 Å². The summed E-state index contributed by atoms with van der Waals surface area (Å²) in [5, 5.41) is 13.2. The van der Waals surface area contributed by atoms with Crippen molar-refractivity contribution in [3.8, 4) is 0 Å². The first-order valence-corrected chi connectivity index (χ1v) is 14.8. The van der Waals surface area contributed by atoms with Crippen molar-refractivity contribution in [1.82, 2.24) is 4.40 Å². The number of benzene rings is 6. The van der Waals surface area contributed by atoms with Gasteiger partial charge in [0.1, 0.15) is 0 Å². The summed E-state index contributed by atoms with van der Waals surface area (Å²) in [6.45, 7) is 0. The van der Waals surface area contributed by atoms with Crippen LogP contribution >= 0.6 is 0 Å². The van der Waals surface area contributed by atoms with Gasteiger partial charge in [-0.05, 0) is 0 Å². The summed E-state index contributed by atoms with van der Waals surface area (Å²) in [6, 6.07) is 47.3. The Morgan fingerprint density at radius 2 is 0.921 bits per heavy atom. The maximum absolute atomic E-state index is 2.55. The molecule has 3 heterocycles. The first-order valence-electron chi connectivity index (χ1n) is 13.0. The molecule has 0 spiro atoms. The second kappa shape index (κ2) is 7.58. The van der Waals surface area contributed by atoms with Gasteiger partial charge in [0.15, 0.2) is 0 Å². The summed E-state index contributed by atoms with van der Waals surface area (Å²) in [6.07, 6.45) is 0. The summed E-state index contributed by atoms with van der Waals surface area (Å²) in [5.74, 6) is 0. The number of nitrogens with zero attached hydrogens (tertiary/aromatic N) is 1. The summed E-state index contributed by atoms with van der Waals surface area (Å²) >= 11 is 0.279. The van der Waals surface area contributed by atoms with E-state index in [1.54, 1.807) is 0 Å². The number of fused-ring (bicyclic) bond motifs is 14. The quantitative estimate of drug-likeness (QED) is 0.167. The molecule has 0 saturated heterocycles. The molecule has 0 atom stereocenters. The van der Waals surface area contributed by atoms with Crippen molar-refractivity contribution in [2.75, 3.05) is 0 Å². The van der Waals surface area contributed by atoms with Crippen molar-refractivity contribution >= 4 is 93.4 Å². The fraction of sp³-hybridized carbons (Fsp3) is 0. The molecule has 6 aromatic carbocycles. The third-order valence-electron chi connectivity index (χ3n) is 8.16. The molecular formula is C36H21NSe. The van der Waals surface area contributed by atoms with E-state index in [4.69, 9.17) is 0 Å². The van der Waals surface area contributed by atoms with E-state index in [0.717, 1.165) is 0 Å². The van der Waals surface area contributed by atoms with Gasteiger partial charge in [0.25, 0.3) is 0 Å². The van der Waals surface area contributed by atoms with Crippen molar-refractivity contribution in [2.45, 2.75) is 0 Å². The van der Waals surface area contributed by atoms with E-state index in [-0.39, 0.29) is 14.5 Å². The minimum absolute atomic E-state index is 0.279. The monoisotopic (exact) mass is 547 g/mol. The fourth-order valence-electron chi connectivity index (χ4n) is 6.60. The Balaban J connectivity index is 1.72. The maximum atomic E-state index is 2.55. The van der Waals surface area contributed by atoms with Crippen molar-refractivity contribution < 1.29 is 0 Å². The molecule has 9 rings (SSSR count). The van der Waals surface area contributed by atoms with Crippen LogP contribution in [0.5, 0.6) is 0 Å². The standard InChI is InChI=1S/C36H21NSe/c1-3-12-24-22(10-1)23-11-2-4-13-25(23)28-16-9-17-30-34-32(37(35(28)30)31-18-7-5-14-26(24)31)21-20-29-27-15-6-8-19-33(27)38-36(29)34/h1-21H. The van der Waals surface area contributed by atoms with E-state index in [2.05, 4.69) is 132 Å². The van der Waals surface area contributed by atoms with Crippen LogP contribution in [0.4, 0.5) is 0 Å². The second-order valence-corrected chi connectivity index (χ2v) is 12.3. The van der Waals surface area contributed by atoms with Crippen molar-refractivity contribution in [3.05, 3.63) is 127 Å². The number of aromatic nitrogens is 1. The van der Waals surface area contributed by atoms with Crippen molar-refractivity contribution in [3.63, 3.8) is 0 Å². The minimum atomic E-state index is 0.279. The predicted molar refractivity (Wildman–Crippen MR) is 166 cm³/mol. The molecule has 0 aliphatic heterocycles. The van der Waals surface area contributed by atoms with E-state index in [1.807, 2.05) is 0 Å². The molecule has 176 valence electrons. The Labute approximate surface area is 224 Å². The van der Waals surface area contributed by atoms with E-state index < -0.39 is 0 Å². The van der Waals surface area contributed by atoms with Crippen LogP contribution in [0.15, 0.2) is 127 Å². The van der Waals surface area contributed by atoms with Crippen LogP contribution in [0, 0.1) is 0 Å². The van der Waals surface area contributed by atoms with Gasteiger partial charge in [-0.15, -0.1) is 0 Å². The van der Waals surface area contributed by atoms with Gasteiger partial charge in [-0.25, -0.2) is 0 Å². The van der Waals surface area contributed by atoms with Crippen LogP contribution in [-0.2, 0) is 0 Å². The summed E-state index contributed by atoms with van der Waals surface area (Å²) in [7, 11) is 0. The zero-order valence-electron chi connectivity index (χ0n) is 20.5. The normalized spacial score (nSPS) is 12.2. The summed E-state index contributed by atoms with van der Waals surface area (Å²) < 4.78 is 5.55.